The van der Waals surface area contributed by atoms with Crippen LogP contribution >= 0.6 is 0 Å². The van der Waals surface area contributed by atoms with Gasteiger partial charge in [0.15, 0.2) is 0 Å². The van der Waals surface area contributed by atoms with Gasteiger partial charge in [-0.3, -0.25) is 0 Å². The number of carbonyl (C=O) groups is 1. The Hall–Kier alpha value is -2.51. The number of carbonyl (C=O) groups excluding carboxylic acids is 1. The van der Waals surface area contributed by atoms with Gasteiger partial charge in [-0.15, -0.1) is 0 Å². The van der Waals surface area contributed by atoms with Crippen LogP contribution in [0.25, 0.3) is 0 Å². The van der Waals surface area contributed by atoms with E-state index in [0.29, 0.717) is 13.2 Å². The molecule has 3 aromatic carbocycles. The molecule has 0 radical (unpaired) electrons. The zero-order valence-electron chi connectivity index (χ0n) is 19.4. The monoisotopic (exact) mass is 540 g/mol. The van der Waals surface area contributed by atoms with Gasteiger partial charge in [-0.05, 0) is 0 Å². The summed E-state index contributed by atoms with van der Waals surface area (Å²) in [4.78, 5) is 12.2. The SMILES string of the molecule is CC(=O)O[C@@H]1[C@@H](OCc2ccccc2)[C@H]([Se]c2ccccc2)O[C@@H]2CO[C@@H](c3ccccc3)O[C@@H]12. The molecule has 2 heterocycles. The van der Waals surface area contributed by atoms with Gasteiger partial charge in [-0.25, -0.2) is 0 Å². The van der Waals surface area contributed by atoms with E-state index in [2.05, 4.69) is 12.1 Å². The van der Waals surface area contributed by atoms with Crippen molar-refractivity contribution in [2.24, 2.45) is 0 Å². The van der Waals surface area contributed by atoms with Gasteiger partial charge in [0.1, 0.15) is 0 Å². The Morgan fingerprint density at radius 1 is 0.886 bits per heavy atom. The second-order valence-electron chi connectivity index (χ2n) is 8.49. The molecule has 182 valence electrons. The Bertz CT molecular complexity index is 1080. The zero-order valence-corrected chi connectivity index (χ0v) is 21.1. The quantitative estimate of drug-likeness (QED) is 0.339. The van der Waals surface area contributed by atoms with Gasteiger partial charge in [0, 0.05) is 0 Å². The maximum atomic E-state index is 12.2. The van der Waals surface area contributed by atoms with Crippen molar-refractivity contribution in [1.29, 1.82) is 0 Å². The van der Waals surface area contributed by atoms with Crippen molar-refractivity contribution < 1.29 is 28.5 Å². The van der Waals surface area contributed by atoms with E-state index in [1.807, 2.05) is 78.9 Å². The van der Waals surface area contributed by atoms with Crippen molar-refractivity contribution in [3.63, 3.8) is 0 Å². The molecule has 35 heavy (non-hydrogen) atoms. The van der Waals surface area contributed by atoms with Crippen molar-refractivity contribution in [2.45, 2.75) is 49.2 Å². The first kappa shape index (κ1) is 24.2. The van der Waals surface area contributed by atoms with Crippen LogP contribution in [0.4, 0.5) is 0 Å². The second kappa shape index (κ2) is 11.5. The molecule has 3 aromatic rings. The summed E-state index contributed by atoms with van der Waals surface area (Å²) >= 11 is -0.0811. The summed E-state index contributed by atoms with van der Waals surface area (Å²) in [7, 11) is 0. The van der Waals surface area contributed by atoms with Crippen LogP contribution in [0.15, 0.2) is 91.0 Å². The van der Waals surface area contributed by atoms with Crippen LogP contribution in [-0.4, -0.2) is 57.0 Å². The van der Waals surface area contributed by atoms with Crippen molar-refractivity contribution in [2.75, 3.05) is 6.61 Å². The van der Waals surface area contributed by atoms with Gasteiger partial charge in [0.25, 0.3) is 0 Å². The van der Waals surface area contributed by atoms with Gasteiger partial charge in [-0.2, -0.15) is 0 Å². The molecule has 7 heteroatoms. The third kappa shape index (κ3) is 6.01. The first-order valence-corrected chi connectivity index (χ1v) is 13.5. The summed E-state index contributed by atoms with van der Waals surface area (Å²) in [6.07, 6.45) is -2.56. The molecule has 2 fully saturated rings. The molecule has 2 saturated heterocycles. The summed E-state index contributed by atoms with van der Waals surface area (Å²) < 4.78 is 32.5. The Morgan fingerprint density at radius 3 is 2.23 bits per heavy atom. The molecule has 0 aromatic heterocycles. The van der Waals surface area contributed by atoms with Crippen LogP contribution in [0, 0.1) is 0 Å². The molecule has 5 rings (SSSR count). The van der Waals surface area contributed by atoms with E-state index in [1.165, 1.54) is 11.4 Å². The third-order valence-corrected chi connectivity index (χ3v) is 8.36. The van der Waals surface area contributed by atoms with Crippen molar-refractivity contribution in [1.82, 2.24) is 0 Å². The van der Waals surface area contributed by atoms with Crippen LogP contribution in [0.5, 0.6) is 0 Å². The van der Waals surface area contributed by atoms with Gasteiger partial charge < -0.3 is 0 Å². The Labute approximate surface area is 211 Å². The molecule has 0 aliphatic carbocycles. The molecule has 2 aliphatic heterocycles. The Balaban J connectivity index is 1.43. The average molecular weight is 539 g/mol. The van der Waals surface area contributed by atoms with Crippen LogP contribution in [-0.2, 0) is 35.1 Å². The number of fused-ring (bicyclic) bond motifs is 1. The fourth-order valence-corrected chi connectivity index (χ4v) is 6.73. The van der Waals surface area contributed by atoms with E-state index in [1.54, 1.807) is 0 Å². The number of benzene rings is 3. The first-order chi connectivity index (χ1) is 17.2. The molecular weight excluding hydrogens is 511 g/mol. The molecule has 0 bridgehead atoms. The van der Waals surface area contributed by atoms with E-state index in [9.17, 15) is 4.79 Å². The molecule has 6 nitrogen and oxygen atoms in total. The molecular formula is C28H28O6Se. The zero-order chi connectivity index (χ0) is 24.0. The predicted octanol–water partition coefficient (Wildman–Crippen LogP) is 3.37. The van der Waals surface area contributed by atoms with E-state index in [0.717, 1.165) is 11.1 Å². The summed E-state index contributed by atoms with van der Waals surface area (Å²) in [6, 6.07) is 29.9. The number of rotatable bonds is 7. The van der Waals surface area contributed by atoms with Gasteiger partial charge in [0.2, 0.25) is 0 Å². The number of hydrogen-bond donors (Lipinski definition) is 0. The maximum absolute atomic E-state index is 12.2. The van der Waals surface area contributed by atoms with Crippen molar-refractivity contribution in [3.05, 3.63) is 102 Å². The number of esters is 1. The minimum absolute atomic E-state index is 0.0811. The molecule has 0 spiro atoms. The standard InChI is InChI=1S/C28H28O6Se/c1-19(29)32-25-24-23(18-31-27(34-24)21-13-7-3-8-14-21)33-28(35-22-15-9-4-10-16-22)26(25)30-17-20-11-5-2-6-12-20/h2-16,23-28H,17-18H2,1H3/t23-,24-,25+,26-,27-,28+/m1/s1. The average Bonchev–Trinajstić information content (AvgIpc) is 2.89. The van der Waals surface area contributed by atoms with E-state index < -0.39 is 24.6 Å². The molecule has 6 atom stereocenters. The Kier molecular flexibility index (Phi) is 7.94. The van der Waals surface area contributed by atoms with Crippen molar-refractivity contribution in [3.8, 4) is 0 Å². The summed E-state index contributed by atoms with van der Waals surface area (Å²) in [5.41, 5.74) is 1.95. The first-order valence-electron chi connectivity index (χ1n) is 11.7. The third-order valence-electron chi connectivity index (χ3n) is 5.94. The summed E-state index contributed by atoms with van der Waals surface area (Å²) in [5.74, 6) is -0.374. The van der Waals surface area contributed by atoms with E-state index >= 15 is 0 Å². The molecule has 2 aliphatic rings. The van der Waals surface area contributed by atoms with Crippen LogP contribution < -0.4 is 4.46 Å². The Morgan fingerprint density at radius 2 is 1.54 bits per heavy atom. The molecule has 0 saturated carbocycles. The van der Waals surface area contributed by atoms with Crippen LogP contribution in [0.1, 0.15) is 24.3 Å². The number of ether oxygens (including phenoxy) is 5. The molecule has 0 unspecified atom stereocenters. The summed E-state index contributed by atoms with van der Waals surface area (Å²) in [6.45, 7) is 2.14. The van der Waals surface area contributed by atoms with Crippen LogP contribution in [0.2, 0.25) is 0 Å². The topological polar surface area (TPSA) is 63.2 Å². The predicted molar refractivity (Wildman–Crippen MR) is 131 cm³/mol. The number of hydrogen-bond acceptors (Lipinski definition) is 6. The minimum atomic E-state index is -0.624. The van der Waals surface area contributed by atoms with Crippen LogP contribution in [0.3, 0.4) is 0 Å². The van der Waals surface area contributed by atoms with Gasteiger partial charge >= 0.3 is 212 Å². The second-order valence-corrected chi connectivity index (χ2v) is 10.9. The fraction of sp³-hybridized carbons (Fsp3) is 0.321. The normalized spacial score (nSPS) is 28.1. The molecule has 0 amide bonds. The van der Waals surface area contributed by atoms with E-state index in [-0.39, 0.29) is 32.0 Å². The summed E-state index contributed by atoms with van der Waals surface area (Å²) in [5, 5.41) is -0.278. The van der Waals surface area contributed by atoms with Gasteiger partial charge in [-0.1, -0.05) is 0 Å². The van der Waals surface area contributed by atoms with E-state index in [4.69, 9.17) is 23.7 Å². The van der Waals surface area contributed by atoms with Gasteiger partial charge in [0.05, 0.1) is 0 Å². The molecule has 0 N–H and O–H groups in total. The fourth-order valence-electron chi connectivity index (χ4n) is 4.32. The van der Waals surface area contributed by atoms with Crippen molar-refractivity contribution >= 4 is 25.4 Å².